The highest BCUT2D eigenvalue weighted by molar-refractivity contribution is 5.81. The van der Waals surface area contributed by atoms with Crippen molar-refractivity contribution in [2.24, 2.45) is 0 Å². The Bertz CT molecular complexity index is 911. The molecule has 0 spiro atoms. The molecule has 3 rings (SSSR count). The topological polar surface area (TPSA) is 69.5 Å². The van der Waals surface area contributed by atoms with E-state index in [9.17, 15) is 10.1 Å². The number of anilines is 1. The van der Waals surface area contributed by atoms with Crippen LogP contribution in [-0.4, -0.2) is 48.1 Å². The van der Waals surface area contributed by atoms with Gasteiger partial charge in [0.05, 0.1) is 5.56 Å². The van der Waals surface area contributed by atoms with Crippen LogP contribution in [0.25, 0.3) is 0 Å². The molecule has 29 heavy (non-hydrogen) atoms. The number of carbonyl (C=O) groups excluding carboxylic acids is 1. The quantitative estimate of drug-likeness (QED) is 0.779. The van der Waals surface area contributed by atoms with Crippen LogP contribution in [0.1, 0.15) is 43.4 Å². The second kappa shape index (κ2) is 8.95. The zero-order valence-electron chi connectivity index (χ0n) is 17.6. The molecule has 1 saturated heterocycles. The summed E-state index contributed by atoms with van der Waals surface area (Å²) in [5, 5.41) is 9.28. The van der Waals surface area contributed by atoms with Crippen LogP contribution in [0.5, 0.6) is 5.75 Å². The number of amides is 1. The smallest absolute Gasteiger partial charge is 0.263 e. The molecule has 1 atom stereocenters. The largest absolute Gasteiger partial charge is 0.481 e. The van der Waals surface area contributed by atoms with Gasteiger partial charge in [0.15, 0.2) is 6.10 Å². The Morgan fingerprint density at radius 3 is 2.55 bits per heavy atom. The number of aryl methyl sites for hydroxylation is 1. The van der Waals surface area contributed by atoms with Gasteiger partial charge in [-0.1, -0.05) is 26.0 Å². The minimum absolute atomic E-state index is 0.0134. The van der Waals surface area contributed by atoms with Crippen molar-refractivity contribution in [3.63, 3.8) is 0 Å². The molecule has 1 amide bonds. The Morgan fingerprint density at radius 1 is 1.17 bits per heavy atom. The van der Waals surface area contributed by atoms with Gasteiger partial charge in [0.2, 0.25) is 0 Å². The first kappa shape index (κ1) is 20.7. The molecular weight excluding hydrogens is 364 g/mol. The number of aromatic nitrogens is 1. The van der Waals surface area contributed by atoms with Crippen molar-refractivity contribution >= 4 is 11.7 Å². The minimum Gasteiger partial charge on any atom is -0.481 e. The van der Waals surface area contributed by atoms with Crippen LogP contribution in [-0.2, 0) is 4.79 Å². The summed E-state index contributed by atoms with van der Waals surface area (Å²) in [5.41, 5.74) is 2.78. The predicted molar refractivity (Wildman–Crippen MR) is 113 cm³/mol. The Hall–Kier alpha value is -3.07. The van der Waals surface area contributed by atoms with Crippen molar-refractivity contribution in [2.75, 3.05) is 31.1 Å². The van der Waals surface area contributed by atoms with Crippen molar-refractivity contribution in [3.05, 3.63) is 53.2 Å². The van der Waals surface area contributed by atoms with Crippen molar-refractivity contribution in [1.82, 2.24) is 9.88 Å². The lowest BCUT2D eigenvalue weighted by Gasteiger charge is -2.36. The summed E-state index contributed by atoms with van der Waals surface area (Å²) in [6.45, 7) is 10.5. The maximum Gasteiger partial charge on any atom is 0.263 e. The Labute approximate surface area is 172 Å². The number of pyridine rings is 1. The van der Waals surface area contributed by atoms with Crippen LogP contribution >= 0.6 is 0 Å². The van der Waals surface area contributed by atoms with Crippen molar-refractivity contribution in [3.8, 4) is 11.8 Å². The van der Waals surface area contributed by atoms with E-state index in [-0.39, 0.29) is 5.91 Å². The van der Waals surface area contributed by atoms with Gasteiger partial charge in [0.1, 0.15) is 17.6 Å². The first-order chi connectivity index (χ1) is 13.9. The summed E-state index contributed by atoms with van der Waals surface area (Å²) >= 11 is 0. The van der Waals surface area contributed by atoms with Crippen molar-refractivity contribution < 1.29 is 9.53 Å². The monoisotopic (exact) mass is 392 g/mol. The van der Waals surface area contributed by atoms with Gasteiger partial charge in [0.25, 0.3) is 5.91 Å². The molecule has 152 valence electrons. The number of piperazine rings is 1. The second-order valence-electron chi connectivity index (χ2n) is 7.74. The zero-order valence-corrected chi connectivity index (χ0v) is 17.6. The van der Waals surface area contributed by atoms with Crippen LogP contribution in [0.2, 0.25) is 0 Å². The number of nitrogens with zero attached hydrogens (tertiary/aromatic N) is 4. The number of hydrogen-bond donors (Lipinski definition) is 0. The molecule has 1 aromatic heterocycles. The minimum atomic E-state index is -0.549. The van der Waals surface area contributed by atoms with Crippen molar-refractivity contribution in [2.45, 2.75) is 39.7 Å². The second-order valence-corrected chi connectivity index (χ2v) is 7.74. The summed E-state index contributed by atoms with van der Waals surface area (Å²) in [5.74, 6) is 1.85. The van der Waals surface area contributed by atoms with E-state index in [1.807, 2.05) is 30.9 Å². The standard InChI is InChI=1S/C23H28N4O2/c1-16(2)19-8-7-17(3)21(14-19)29-18(4)23(28)27-12-10-26(11-13-27)22-20(15-24)6-5-9-25-22/h5-9,14,16,18H,10-13H2,1-4H3. The first-order valence-electron chi connectivity index (χ1n) is 10.1. The summed E-state index contributed by atoms with van der Waals surface area (Å²) in [4.78, 5) is 21.1. The molecule has 0 radical (unpaired) electrons. The molecule has 6 nitrogen and oxygen atoms in total. The summed E-state index contributed by atoms with van der Waals surface area (Å²) in [6, 6.07) is 11.9. The highest BCUT2D eigenvalue weighted by atomic mass is 16.5. The van der Waals surface area contributed by atoms with Crippen molar-refractivity contribution in [1.29, 1.82) is 5.26 Å². The van der Waals surface area contributed by atoms with E-state index in [4.69, 9.17) is 4.74 Å². The third-order valence-corrected chi connectivity index (χ3v) is 5.33. The van der Waals surface area contributed by atoms with Crippen LogP contribution < -0.4 is 9.64 Å². The van der Waals surface area contributed by atoms with Crippen LogP contribution in [0.4, 0.5) is 5.82 Å². The first-order valence-corrected chi connectivity index (χ1v) is 10.1. The summed E-state index contributed by atoms with van der Waals surface area (Å²) in [7, 11) is 0. The van der Waals surface area contributed by atoms with Gasteiger partial charge in [0, 0.05) is 32.4 Å². The number of ether oxygens (including phenoxy) is 1. The highest BCUT2D eigenvalue weighted by Crippen LogP contribution is 2.26. The number of rotatable bonds is 5. The lowest BCUT2D eigenvalue weighted by Crippen LogP contribution is -2.52. The third kappa shape index (κ3) is 4.68. The van der Waals surface area contributed by atoms with Gasteiger partial charge in [-0.2, -0.15) is 5.26 Å². The average Bonchev–Trinajstić information content (AvgIpc) is 2.74. The van der Waals surface area contributed by atoms with E-state index in [0.717, 1.165) is 11.3 Å². The molecule has 1 aliphatic rings. The molecule has 0 saturated carbocycles. The maximum absolute atomic E-state index is 12.9. The van der Waals surface area contributed by atoms with E-state index in [1.165, 1.54) is 5.56 Å². The Kier molecular flexibility index (Phi) is 6.38. The van der Waals surface area contributed by atoms with E-state index in [2.05, 4.69) is 35.9 Å². The fourth-order valence-corrected chi connectivity index (χ4v) is 3.48. The van der Waals surface area contributed by atoms with E-state index in [1.54, 1.807) is 18.3 Å². The van der Waals surface area contributed by atoms with Gasteiger partial charge in [-0.25, -0.2) is 4.98 Å². The van der Waals surface area contributed by atoms with Gasteiger partial charge in [-0.3, -0.25) is 4.79 Å². The third-order valence-electron chi connectivity index (χ3n) is 5.33. The lowest BCUT2D eigenvalue weighted by atomic mass is 10.0. The highest BCUT2D eigenvalue weighted by Gasteiger charge is 2.27. The fourth-order valence-electron chi connectivity index (χ4n) is 3.48. The van der Waals surface area contributed by atoms with E-state index >= 15 is 0 Å². The summed E-state index contributed by atoms with van der Waals surface area (Å²) < 4.78 is 6.04. The molecule has 1 fully saturated rings. The number of nitriles is 1. The van der Waals surface area contributed by atoms with Crippen LogP contribution in [0, 0.1) is 18.3 Å². The van der Waals surface area contributed by atoms with Gasteiger partial charge >= 0.3 is 0 Å². The Balaban J connectivity index is 1.62. The van der Waals surface area contributed by atoms with Gasteiger partial charge < -0.3 is 14.5 Å². The van der Waals surface area contributed by atoms with Crippen LogP contribution in [0.15, 0.2) is 36.5 Å². The number of carbonyl (C=O) groups is 1. The summed E-state index contributed by atoms with van der Waals surface area (Å²) in [6.07, 6.45) is 1.14. The van der Waals surface area contributed by atoms with E-state index < -0.39 is 6.10 Å². The number of benzene rings is 1. The van der Waals surface area contributed by atoms with Gasteiger partial charge in [-0.05, 0) is 49.1 Å². The molecule has 1 aliphatic heterocycles. The molecule has 2 heterocycles. The lowest BCUT2D eigenvalue weighted by molar-refractivity contribution is -0.138. The molecule has 0 aliphatic carbocycles. The number of hydrogen-bond acceptors (Lipinski definition) is 5. The predicted octanol–water partition coefficient (Wildman–Crippen LogP) is 3.50. The molecule has 1 aromatic carbocycles. The molecule has 1 unspecified atom stereocenters. The zero-order chi connectivity index (χ0) is 21.0. The van der Waals surface area contributed by atoms with E-state index in [0.29, 0.717) is 43.5 Å². The molecule has 0 bridgehead atoms. The fraction of sp³-hybridized carbons (Fsp3) is 0.435. The molecule has 6 heteroatoms. The maximum atomic E-state index is 12.9. The average molecular weight is 393 g/mol. The molecular formula is C23H28N4O2. The molecule has 0 N–H and O–H groups in total. The molecule has 2 aromatic rings. The normalized spacial score (nSPS) is 15.2. The SMILES string of the molecule is Cc1ccc(C(C)C)cc1OC(C)C(=O)N1CCN(c2ncccc2C#N)CC1. The Morgan fingerprint density at radius 2 is 1.90 bits per heavy atom. The van der Waals surface area contributed by atoms with Gasteiger partial charge in [-0.15, -0.1) is 0 Å². The van der Waals surface area contributed by atoms with Crippen LogP contribution in [0.3, 0.4) is 0 Å².